The number of fused-ring (bicyclic) bond motifs is 1. The Hall–Kier alpha value is -4.02. The maximum Gasteiger partial charge on any atom is 0.339 e. The van der Waals surface area contributed by atoms with E-state index >= 15 is 0 Å². The van der Waals surface area contributed by atoms with Gasteiger partial charge in [-0.1, -0.05) is 0 Å². The molecule has 3 aromatic carbocycles. The number of benzene rings is 3. The number of methoxy groups -OCH3 is 5. The molecular weight excluding hydrogens is 516 g/mol. The molecule has 3 aromatic rings. The third-order valence-electron chi connectivity index (χ3n) is 7.29. The molecule has 0 atom stereocenters. The fourth-order valence-electron chi connectivity index (χ4n) is 5.30. The maximum absolute atomic E-state index is 14.1. The standard InChI is InChI=1S/C30H36N2O8/c1-18-13-20(16-25(38-4)28(18)39-5)26-21-17-24(37-3)23(36-2)15-19(21)14-22(27(26)30(35)40-6)29(34)32-9-7-31(8-10-32)11-12-33/h13-17,33H,7-12H2,1-6H3. The molecule has 0 saturated carbocycles. The van der Waals surface area contributed by atoms with Gasteiger partial charge in [0.15, 0.2) is 23.0 Å². The molecule has 1 fully saturated rings. The van der Waals surface area contributed by atoms with Gasteiger partial charge in [-0.15, -0.1) is 0 Å². The van der Waals surface area contributed by atoms with Crippen LogP contribution in [0.25, 0.3) is 21.9 Å². The van der Waals surface area contributed by atoms with Crippen molar-refractivity contribution in [2.24, 2.45) is 0 Å². The van der Waals surface area contributed by atoms with Crippen molar-refractivity contribution in [3.05, 3.63) is 47.0 Å². The van der Waals surface area contributed by atoms with Gasteiger partial charge >= 0.3 is 5.97 Å². The van der Waals surface area contributed by atoms with Gasteiger partial charge in [0.2, 0.25) is 0 Å². The summed E-state index contributed by atoms with van der Waals surface area (Å²) >= 11 is 0. The van der Waals surface area contributed by atoms with Crippen LogP contribution in [0.3, 0.4) is 0 Å². The van der Waals surface area contributed by atoms with Crippen molar-refractivity contribution in [3.8, 4) is 34.1 Å². The molecule has 0 aliphatic carbocycles. The van der Waals surface area contributed by atoms with E-state index in [9.17, 15) is 14.7 Å². The van der Waals surface area contributed by atoms with Gasteiger partial charge in [0, 0.05) is 38.3 Å². The highest BCUT2D eigenvalue weighted by Crippen LogP contribution is 2.44. The number of aliphatic hydroxyl groups is 1. The Morgan fingerprint density at radius 1 is 0.825 bits per heavy atom. The van der Waals surface area contributed by atoms with Crippen LogP contribution in [-0.4, -0.2) is 102 Å². The lowest BCUT2D eigenvalue weighted by atomic mass is 9.87. The van der Waals surface area contributed by atoms with Gasteiger partial charge in [-0.3, -0.25) is 9.69 Å². The molecule has 1 N–H and O–H groups in total. The molecule has 0 unspecified atom stereocenters. The third-order valence-corrected chi connectivity index (χ3v) is 7.29. The van der Waals surface area contributed by atoms with Crippen molar-refractivity contribution in [1.29, 1.82) is 0 Å². The smallest absolute Gasteiger partial charge is 0.339 e. The van der Waals surface area contributed by atoms with E-state index in [1.807, 2.05) is 13.0 Å². The number of nitrogens with zero attached hydrogens (tertiary/aromatic N) is 2. The van der Waals surface area contributed by atoms with Crippen molar-refractivity contribution in [2.45, 2.75) is 6.92 Å². The average Bonchev–Trinajstić information content (AvgIpc) is 2.98. The highest BCUT2D eigenvalue weighted by atomic mass is 16.5. The van der Waals surface area contributed by atoms with Crippen LogP contribution in [-0.2, 0) is 4.74 Å². The van der Waals surface area contributed by atoms with E-state index in [0.29, 0.717) is 77.6 Å². The molecule has 1 aliphatic rings. The van der Waals surface area contributed by atoms with E-state index in [1.54, 1.807) is 57.6 Å². The van der Waals surface area contributed by atoms with Crippen LogP contribution in [0, 0.1) is 6.92 Å². The number of esters is 1. The normalized spacial score (nSPS) is 13.7. The maximum atomic E-state index is 14.1. The van der Waals surface area contributed by atoms with Crippen molar-refractivity contribution in [1.82, 2.24) is 9.80 Å². The quantitative estimate of drug-likeness (QED) is 0.400. The molecule has 1 saturated heterocycles. The molecule has 0 radical (unpaired) electrons. The molecule has 214 valence electrons. The Morgan fingerprint density at radius 2 is 1.48 bits per heavy atom. The third kappa shape index (κ3) is 5.37. The highest BCUT2D eigenvalue weighted by molar-refractivity contribution is 6.17. The number of rotatable bonds is 9. The zero-order chi connectivity index (χ0) is 29.0. The fraction of sp³-hybridized carbons (Fsp3) is 0.400. The zero-order valence-corrected chi connectivity index (χ0v) is 23.8. The molecule has 10 heteroatoms. The Balaban J connectivity index is 2.03. The van der Waals surface area contributed by atoms with Gasteiger partial charge in [-0.05, 0) is 59.2 Å². The van der Waals surface area contributed by atoms with Crippen LogP contribution >= 0.6 is 0 Å². The summed E-state index contributed by atoms with van der Waals surface area (Å²) in [5.41, 5.74) is 2.33. The van der Waals surface area contributed by atoms with Gasteiger partial charge in [0.05, 0.1) is 53.3 Å². The topological polar surface area (TPSA) is 107 Å². The lowest BCUT2D eigenvalue weighted by Crippen LogP contribution is -2.49. The second kappa shape index (κ2) is 12.4. The molecule has 1 heterocycles. The molecule has 0 spiro atoms. The minimum Gasteiger partial charge on any atom is -0.493 e. The monoisotopic (exact) mass is 552 g/mol. The first-order valence-electron chi connectivity index (χ1n) is 13.0. The first-order valence-corrected chi connectivity index (χ1v) is 13.0. The van der Waals surface area contributed by atoms with Crippen LogP contribution in [0.2, 0.25) is 0 Å². The number of carbonyl (C=O) groups excluding carboxylic acids is 2. The summed E-state index contributed by atoms with van der Waals surface area (Å²) < 4.78 is 27.6. The number of hydrogen-bond acceptors (Lipinski definition) is 9. The lowest BCUT2D eigenvalue weighted by molar-refractivity contribution is 0.0567. The van der Waals surface area contributed by atoms with Crippen LogP contribution in [0.4, 0.5) is 0 Å². The largest absolute Gasteiger partial charge is 0.493 e. The SMILES string of the molecule is COC(=O)c1c(C(=O)N2CCN(CCO)CC2)cc2cc(OC)c(OC)cc2c1-c1cc(C)c(OC)c(OC)c1. The van der Waals surface area contributed by atoms with Crippen LogP contribution in [0.5, 0.6) is 23.0 Å². The summed E-state index contributed by atoms with van der Waals surface area (Å²) in [7, 11) is 7.50. The van der Waals surface area contributed by atoms with E-state index in [4.69, 9.17) is 23.7 Å². The molecule has 10 nitrogen and oxygen atoms in total. The van der Waals surface area contributed by atoms with E-state index in [-0.39, 0.29) is 23.6 Å². The number of β-amino-alcohol motifs (C(OH)–C–C–N with tert-alkyl or cyclic N) is 1. The van der Waals surface area contributed by atoms with E-state index in [1.165, 1.54) is 7.11 Å². The van der Waals surface area contributed by atoms with Crippen molar-refractivity contribution < 1.29 is 38.4 Å². The lowest BCUT2D eigenvalue weighted by Gasteiger charge is -2.34. The van der Waals surface area contributed by atoms with Gasteiger partial charge in [-0.2, -0.15) is 0 Å². The Morgan fingerprint density at radius 3 is 2.05 bits per heavy atom. The number of piperazine rings is 1. The number of amides is 1. The van der Waals surface area contributed by atoms with Crippen molar-refractivity contribution >= 4 is 22.6 Å². The van der Waals surface area contributed by atoms with Gasteiger partial charge in [0.25, 0.3) is 5.91 Å². The Kier molecular flexibility index (Phi) is 9.01. The van der Waals surface area contributed by atoms with Gasteiger partial charge in [0.1, 0.15) is 0 Å². The van der Waals surface area contributed by atoms with Gasteiger partial charge in [-0.25, -0.2) is 4.79 Å². The van der Waals surface area contributed by atoms with Crippen molar-refractivity contribution in [3.63, 3.8) is 0 Å². The first-order chi connectivity index (χ1) is 19.3. The summed E-state index contributed by atoms with van der Waals surface area (Å²) in [5, 5.41) is 10.7. The summed E-state index contributed by atoms with van der Waals surface area (Å²) in [6.07, 6.45) is 0. The Labute approximate surface area is 233 Å². The minimum atomic E-state index is -0.638. The summed E-state index contributed by atoms with van der Waals surface area (Å²) in [6, 6.07) is 8.97. The summed E-state index contributed by atoms with van der Waals surface area (Å²) in [5.74, 6) is 1.11. The van der Waals surface area contributed by atoms with Crippen molar-refractivity contribution in [2.75, 3.05) is 74.9 Å². The van der Waals surface area contributed by atoms with Gasteiger partial charge < -0.3 is 33.7 Å². The fourth-order valence-corrected chi connectivity index (χ4v) is 5.30. The number of aryl methyl sites for hydroxylation is 1. The molecule has 0 aromatic heterocycles. The van der Waals surface area contributed by atoms with E-state index < -0.39 is 5.97 Å². The van der Waals surface area contributed by atoms with E-state index in [0.717, 1.165) is 5.56 Å². The molecule has 40 heavy (non-hydrogen) atoms. The minimum absolute atomic E-state index is 0.0600. The zero-order valence-electron chi connectivity index (χ0n) is 23.8. The number of carbonyl (C=O) groups is 2. The average molecular weight is 553 g/mol. The predicted molar refractivity (Wildman–Crippen MR) is 151 cm³/mol. The first kappa shape index (κ1) is 29.0. The highest BCUT2D eigenvalue weighted by Gasteiger charge is 2.31. The summed E-state index contributed by atoms with van der Waals surface area (Å²) in [4.78, 5) is 31.4. The van der Waals surface area contributed by atoms with E-state index in [2.05, 4.69) is 4.90 Å². The molecule has 0 bridgehead atoms. The van der Waals surface area contributed by atoms with Crippen LogP contribution < -0.4 is 18.9 Å². The van der Waals surface area contributed by atoms with Crippen LogP contribution in [0.15, 0.2) is 30.3 Å². The number of hydrogen-bond donors (Lipinski definition) is 1. The van der Waals surface area contributed by atoms with Crippen LogP contribution in [0.1, 0.15) is 26.3 Å². The molecule has 4 rings (SSSR count). The second-order valence-electron chi connectivity index (χ2n) is 9.48. The molecule has 1 aliphatic heterocycles. The Bertz CT molecular complexity index is 1410. The molecule has 1 amide bonds. The number of ether oxygens (including phenoxy) is 5. The number of aliphatic hydroxyl groups excluding tert-OH is 1. The second-order valence-corrected chi connectivity index (χ2v) is 9.48. The molecular formula is C30H36N2O8. The summed E-state index contributed by atoms with van der Waals surface area (Å²) in [6.45, 7) is 4.68. The predicted octanol–water partition coefficient (Wildman–Crippen LogP) is 3.39.